The molecule has 352 valence electrons. The normalized spacial score (nSPS) is 16.8. The van der Waals surface area contributed by atoms with Crippen molar-refractivity contribution in [3.8, 4) is 0 Å². The second kappa shape index (κ2) is 20.8. The summed E-state index contributed by atoms with van der Waals surface area (Å²) in [5.41, 5.74) is 32.2. The second-order valence-corrected chi connectivity index (χ2v) is 19.5. The lowest BCUT2D eigenvalue weighted by atomic mass is 9.99. The number of anilines is 8. The Morgan fingerprint density at radius 1 is 0.500 bits per heavy atom. The van der Waals surface area contributed by atoms with Crippen LogP contribution in [0.4, 0.5) is 45.5 Å². The van der Waals surface area contributed by atoms with Crippen LogP contribution >= 0.6 is 0 Å². The van der Waals surface area contributed by atoms with Crippen LogP contribution in [0.15, 0.2) is 70.5 Å². The average molecular weight is 925 g/mol. The van der Waals surface area contributed by atoms with Crippen LogP contribution in [0.1, 0.15) is 49.9 Å². The van der Waals surface area contributed by atoms with Crippen LogP contribution in [0.25, 0.3) is 0 Å². The standard InChI is InChI=1S/C16H26N4O3S.C16H26N4.C6H8N2O3S.C6H8N2/c1-5-19-10-18(4)9-13-14(19)7-12-8-17(3)11-20(6-2)15(12)16(13)24(21,22)23;1-5-19-11-18(4)10-14-15(19)8-7-13-9-17(3)12-20(6-2)16(13)14;7-4-1-2-5(8)6(3-4)12(9,10)11;7-5-2-1-3-6(8)4-5/h7H,5-6,8-11H2,1-4H3,(H,21,22,23);7-8H,5-6,9-12H2,1-4H3;1-3H,7-8H2,(H,9,10,11);1-4H,7-8H2. The molecule has 0 saturated heterocycles. The molecule has 10 N–H and O–H groups in total. The van der Waals surface area contributed by atoms with Crippen molar-refractivity contribution in [1.29, 1.82) is 0 Å². The fourth-order valence-electron chi connectivity index (χ4n) is 8.72. The van der Waals surface area contributed by atoms with Gasteiger partial charge in [-0.15, -0.1) is 0 Å². The van der Waals surface area contributed by atoms with Gasteiger partial charge in [-0.05, 0) is 116 Å². The zero-order valence-electron chi connectivity index (χ0n) is 38.5. The number of rotatable bonds is 6. The first-order valence-corrected chi connectivity index (χ1v) is 24.3. The van der Waals surface area contributed by atoms with Gasteiger partial charge in [0, 0.05) is 97.6 Å². The second-order valence-electron chi connectivity index (χ2n) is 16.7. The van der Waals surface area contributed by atoms with Gasteiger partial charge in [-0.1, -0.05) is 12.1 Å². The topological polar surface area (TPSA) is 239 Å². The maximum absolute atomic E-state index is 12.3. The van der Waals surface area contributed by atoms with Gasteiger partial charge in [0.25, 0.3) is 20.2 Å². The summed E-state index contributed by atoms with van der Waals surface area (Å²) < 4.78 is 64.5. The number of nitrogens with two attached hydrogens (primary N) is 4. The van der Waals surface area contributed by atoms with Gasteiger partial charge in [-0.3, -0.25) is 28.7 Å². The van der Waals surface area contributed by atoms with Gasteiger partial charge in [0.1, 0.15) is 9.79 Å². The van der Waals surface area contributed by atoms with Gasteiger partial charge in [0.05, 0.1) is 38.0 Å². The Morgan fingerprint density at radius 3 is 1.45 bits per heavy atom. The fourth-order valence-corrected chi connectivity index (χ4v) is 10.4. The number of hydrogen-bond acceptors (Lipinski definition) is 16. The number of fused-ring (bicyclic) bond motifs is 5. The smallest absolute Gasteiger partial charge is 0.297 e. The van der Waals surface area contributed by atoms with Crippen LogP contribution in [0.5, 0.6) is 0 Å². The third-order valence-electron chi connectivity index (χ3n) is 11.5. The molecule has 4 aliphatic heterocycles. The molecular weight excluding hydrogens is 857 g/mol. The Balaban J connectivity index is 0.000000173. The molecule has 18 nitrogen and oxygen atoms in total. The molecule has 0 fully saturated rings. The van der Waals surface area contributed by atoms with E-state index in [9.17, 15) is 21.4 Å². The average Bonchev–Trinajstić information content (AvgIpc) is 3.22. The zero-order valence-corrected chi connectivity index (χ0v) is 40.1. The van der Waals surface area contributed by atoms with Crippen molar-refractivity contribution in [2.45, 2.75) is 63.7 Å². The van der Waals surface area contributed by atoms with Gasteiger partial charge in [-0.2, -0.15) is 16.8 Å². The lowest BCUT2D eigenvalue weighted by Crippen LogP contribution is -2.44. The van der Waals surface area contributed by atoms with E-state index in [1.807, 2.05) is 32.0 Å². The monoisotopic (exact) mass is 924 g/mol. The summed E-state index contributed by atoms with van der Waals surface area (Å²) >= 11 is 0. The first-order chi connectivity index (χ1) is 30.1. The highest BCUT2D eigenvalue weighted by Gasteiger charge is 2.35. The van der Waals surface area contributed by atoms with Crippen molar-refractivity contribution < 1.29 is 25.9 Å². The maximum Gasteiger partial charge on any atom is 0.297 e. The summed E-state index contributed by atoms with van der Waals surface area (Å²) in [6.07, 6.45) is 0. The number of nitrogens with zero attached hydrogens (tertiary/aromatic N) is 8. The Hall–Kier alpha value is -5.06. The molecule has 0 radical (unpaired) electrons. The quantitative estimate of drug-likeness (QED) is 0.115. The van der Waals surface area contributed by atoms with Crippen LogP contribution in [0.3, 0.4) is 0 Å². The van der Waals surface area contributed by atoms with Crippen molar-refractivity contribution in [2.24, 2.45) is 0 Å². The van der Waals surface area contributed by atoms with Crippen molar-refractivity contribution >= 4 is 65.7 Å². The van der Waals surface area contributed by atoms with E-state index in [0.29, 0.717) is 48.9 Å². The molecule has 0 atom stereocenters. The summed E-state index contributed by atoms with van der Waals surface area (Å²) in [5.74, 6) is 0. The summed E-state index contributed by atoms with van der Waals surface area (Å²) in [7, 11) is -0.174. The van der Waals surface area contributed by atoms with E-state index in [1.165, 1.54) is 34.6 Å². The van der Waals surface area contributed by atoms with Crippen molar-refractivity contribution in [1.82, 2.24) is 19.6 Å². The number of nitrogen functional groups attached to an aromatic ring is 4. The largest absolute Gasteiger partial charge is 0.399 e. The molecule has 20 heteroatoms. The van der Waals surface area contributed by atoms with Crippen LogP contribution < -0.4 is 42.5 Å². The van der Waals surface area contributed by atoms with Gasteiger partial charge < -0.3 is 42.5 Å². The van der Waals surface area contributed by atoms with Gasteiger partial charge in [0.2, 0.25) is 0 Å². The fraction of sp³-hybridized carbons (Fsp3) is 0.455. The Kier molecular flexibility index (Phi) is 16.3. The summed E-state index contributed by atoms with van der Waals surface area (Å²) in [5, 5.41) is 0. The molecule has 0 amide bonds. The molecule has 0 saturated carbocycles. The summed E-state index contributed by atoms with van der Waals surface area (Å²) in [4.78, 5) is 17.9. The number of benzene rings is 4. The predicted molar refractivity (Wildman–Crippen MR) is 260 cm³/mol. The molecule has 0 bridgehead atoms. The van der Waals surface area contributed by atoms with Gasteiger partial charge >= 0.3 is 0 Å². The predicted octanol–water partition coefficient (Wildman–Crippen LogP) is 4.49. The van der Waals surface area contributed by atoms with Crippen molar-refractivity contribution in [3.63, 3.8) is 0 Å². The highest BCUT2D eigenvalue weighted by atomic mass is 32.2. The van der Waals surface area contributed by atoms with E-state index in [-0.39, 0.29) is 21.2 Å². The lowest BCUT2D eigenvalue weighted by molar-refractivity contribution is 0.297. The highest BCUT2D eigenvalue weighted by Crippen LogP contribution is 2.43. The van der Waals surface area contributed by atoms with Crippen LogP contribution in [0, 0.1) is 0 Å². The SMILES string of the molecule is CCN1CN(C)Cc2c1cc1c(c2S(=O)(=O)O)N(CC)CN(C)C1.CCN1CN(C)Cc2c1ccc1c2N(CC)CN(C)C1.Nc1ccc(N)c(S(=O)(=O)O)c1.Nc1cccc(N)c1. The minimum Gasteiger partial charge on any atom is -0.399 e. The van der Waals surface area contributed by atoms with E-state index in [4.69, 9.17) is 27.5 Å². The van der Waals surface area contributed by atoms with E-state index in [0.717, 1.165) is 70.0 Å². The molecule has 64 heavy (non-hydrogen) atoms. The molecule has 8 rings (SSSR count). The van der Waals surface area contributed by atoms with Gasteiger partial charge in [-0.25, -0.2) is 0 Å². The molecule has 0 aliphatic carbocycles. The van der Waals surface area contributed by atoms with Crippen molar-refractivity contribution in [3.05, 3.63) is 82.9 Å². The molecule has 4 heterocycles. The van der Waals surface area contributed by atoms with E-state index in [2.05, 4.69) is 87.4 Å². The van der Waals surface area contributed by atoms with Crippen molar-refractivity contribution in [2.75, 3.05) is 124 Å². The lowest BCUT2D eigenvalue weighted by Gasteiger charge is -2.43. The molecule has 0 spiro atoms. The maximum atomic E-state index is 12.3. The first kappa shape index (κ1) is 49.9. The molecular formula is C44H68N12O6S2. The van der Waals surface area contributed by atoms with Crippen LogP contribution in [0.2, 0.25) is 0 Å². The van der Waals surface area contributed by atoms with Crippen LogP contribution in [-0.4, -0.2) is 127 Å². The summed E-state index contributed by atoms with van der Waals surface area (Å²) in [6.45, 7) is 19.0. The summed E-state index contributed by atoms with van der Waals surface area (Å²) in [6, 6.07) is 17.8. The Bertz CT molecular complexity index is 2480. The minimum absolute atomic E-state index is 0.0216. The number of hydrogen-bond donors (Lipinski definition) is 6. The molecule has 4 aliphatic rings. The molecule has 4 aromatic carbocycles. The minimum atomic E-state index is -4.31. The Labute approximate surface area is 380 Å². The third-order valence-corrected chi connectivity index (χ3v) is 13.3. The van der Waals surface area contributed by atoms with Gasteiger partial charge in [0.15, 0.2) is 0 Å². The van der Waals surface area contributed by atoms with Crippen LogP contribution in [-0.2, 0) is 46.4 Å². The Morgan fingerprint density at radius 2 is 0.969 bits per heavy atom. The zero-order chi connectivity index (χ0) is 47.3. The molecule has 4 aromatic rings. The third kappa shape index (κ3) is 11.8. The first-order valence-electron chi connectivity index (χ1n) is 21.4. The van der Waals surface area contributed by atoms with E-state index >= 15 is 0 Å². The molecule has 0 unspecified atom stereocenters. The van der Waals surface area contributed by atoms with E-state index < -0.39 is 20.2 Å². The highest BCUT2D eigenvalue weighted by molar-refractivity contribution is 7.86. The van der Waals surface area contributed by atoms with E-state index in [1.54, 1.807) is 18.2 Å². The molecule has 0 aromatic heterocycles.